The largest absolute Gasteiger partial charge is 0.337 e. The van der Waals surface area contributed by atoms with Crippen LogP contribution >= 0.6 is 27.5 Å². The first-order valence-electron chi connectivity index (χ1n) is 5.70. The Morgan fingerprint density at radius 2 is 2.20 bits per heavy atom. The summed E-state index contributed by atoms with van der Waals surface area (Å²) in [7, 11) is 0. The average Bonchev–Trinajstić information content (AvgIpc) is 2.91. The molecule has 102 valence electrons. The van der Waals surface area contributed by atoms with Crippen molar-refractivity contribution in [3.05, 3.63) is 46.3 Å². The third-order valence-corrected chi connectivity index (χ3v) is 3.94. The van der Waals surface area contributed by atoms with Crippen molar-refractivity contribution in [3.8, 4) is 0 Å². The molecule has 20 heavy (non-hydrogen) atoms. The second-order valence-electron chi connectivity index (χ2n) is 4.03. The van der Waals surface area contributed by atoms with E-state index in [0.717, 1.165) is 10.2 Å². The molecule has 0 amide bonds. The van der Waals surface area contributed by atoms with Gasteiger partial charge in [-0.3, -0.25) is 0 Å². The van der Waals surface area contributed by atoms with Crippen LogP contribution in [-0.2, 0) is 0 Å². The number of hydrazine groups is 1. The van der Waals surface area contributed by atoms with Crippen molar-refractivity contribution in [2.45, 2.75) is 0 Å². The summed E-state index contributed by atoms with van der Waals surface area (Å²) in [6, 6.07) is 5.55. The maximum Gasteiger partial charge on any atom is 0.180 e. The Morgan fingerprint density at radius 3 is 2.95 bits per heavy atom. The van der Waals surface area contributed by atoms with Gasteiger partial charge in [0.25, 0.3) is 0 Å². The number of nitrogens with zero attached hydrogens (tertiary/aromatic N) is 3. The number of hydrogen-bond donors (Lipinski definition) is 3. The van der Waals surface area contributed by atoms with E-state index in [0.29, 0.717) is 22.3 Å². The number of benzene rings is 1. The summed E-state index contributed by atoms with van der Waals surface area (Å²) in [6.45, 7) is 0. The molecule has 0 bridgehead atoms. The molecule has 3 rings (SSSR count). The maximum atomic E-state index is 6.08. The predicted molar refractivity (Wildman–Crippen MR) is 83.2 cm³/mol. The maximum absolute atomic E-state index is 6.08. The Hall–Kier alpha value is -1.83. The third kappa shape index (κ3) is 2.43. The monoisotopic (exact) mass is 352 g/mol. The summed E-state index contributed by atoms with van der Waals surface area (Å²) >= 11 is 9.43. The first kappa shape index (κ1) is 13.2. The zero-order valence-electron chi connectivity index (χ0n) is 10.1. The summed E-state index contributed by atoms with van der Waals surface area (Å²) < 4.78 is 2.66. The van der Waals surface area contributed by atoms with Crippen LogP contribution < -0.4 is 16.6 Å². The first-order valence-corrected chi connectivity index (χ1v) is 6.87. The predicted octanol–water partition coefficient (Wildman–Crippen LogP) is 3.17. The van der Waals surface area contributed by atoms with Crippen molar-refractivity contribution in [2.24, 2.45) is 5.84 Å². The van der Waals surface area contributed by atoms with Crippen molar-refractivity contribution in [1.82, 2.24) is 14.4 Å². The molecule has 3 aromatic rings. The van der Waals surface area contributed by atoms with E-state index in [1.54, 1.807) is 18.5 Å². The van der Waals surface area contributed by atoms with Crippen molar-refractivity contribution in [3.63, 3.8) is 0 Å². The molecular weight excluding hydrogens is 344 g/mol. The van der Waals surface area contributed by atoms with Gasteiger partial charge in [-0.05, 0) is 34.1 Å². The van der Waals surface area contributed by atoms with E-state index < -0.39 is 0 Å². The lowest BCUT2D eigenvalue weighted by Gasteiger charge is -2.10. The van der Waals surface area contributed by atoms with E-state index in [-0.39, 0.29) is 0 Å². The van der Waals surface area contributed by atoms with Crippen LogP contribution in [0.1, 0.15) is 0 Å². The fraction of sp³-hybridized carbons (Fsp3) is 0. The highest BCUT2D eigenvalue weighted by atomic mass is 79.9. The highest BCUT2D eigenvalue weighted by Gasteiger charge is 2.08. The molecule has 0 atom stereocenters. The van der Waals surface area contributed by atoms with Crippen molar-refractivity contribution in [2.75, 3.05) is 10.7 Å². The summed E-state index contributed by atoms with van der Waals surface area (Å²) in [5, 5.41) is 3.79. The van der Waals surface area contributed by atoms with Gasteiger partial charge in [0, 0.05) is 22.6 Å². The molecule has 2 aromatic heterocycles. The molecular formula is C12H10BrClN6. The molecule has 0 radical (unpaired) electrons. The lowest BCUT2D eigenvalue weighted by molar-refractivity contribution is 1.11. The number of nitrogens with one attached hydrogen (secondary N) is 2. The van der Waals surface area contributed by atoms with Crippen LogP contribution in [0.4, 0.5) is 17.3 Å². The molecule has 2 heterocycles. The van der Waals surface area contributed by atoms with Gasteiger partial charge >= 0.3 is 0 Å². The minimum Gasteiger partial charge on any atom is -0.337 e. The highest BCUT2D eigenvalue weighted by Crippen LogP contribution is 2.28. The second-order valence-corrected chi connectivity index (χ2v) is 5.29. The van der Waals surface area contributed by atoms with E-state index in [1.165, 1.54) is 0 Å². The first-order chi connectivity index (χ1) is 9.67. The van der Waals surface area contributed by atoms with Crippen LogP contribution in [0.3, 0.4) is 0 Å². The smallest absolute Gasteiger partial charge is 0.180 e. The van der Waals surface area contributed by atoms with E-state index >= 15 is 0 Å². The Balaban J connectivity index is 2.04. The number of anilines is 3. The van der Waals surface area contributed by atoms with Crippen LogP contribution in [0.15, 0.2) is 41.3 Å². The van der Waals surface area contributed by atoms with Gasteiger partial charge in [0.1, 0.15) is 0 Å². The lowest BCUT2D eigenvalue weighted by Crippen LogP contribution is -2.11. The molecule has 0 unspecified atom stereocenters. The van der Waals surface area contributed by atoms with Crippen LogP contribution in [0.5, 0.6) is 0 Å². The topological polar surface area (TPSA) is 80.3 Å². The van der Waals surface area contributed by atoms with Crippen molar-refractivity contribution < 1.29 is 0 Å². The number of nitrogen functional groups attached to an aromatic ring is 1. The van der Waals surface area contributed by atoms with Crippen LogP contribution in [-0.4, -0.2) is 14.4 Å². The van der Waals surface area contributed by atoms with Crippen LogP contribution in [0.25, 0.3) is 5.65 Å². The van der Waals surface area contributed by atoms with Gasteiger partial charge in [0.15, 0.2) is 17.3 Å². The molecule has 0 aliphatic carbocycles. The van der Waals surface area contributed by atoms with Gasteiger partial charge in [-0.2, -0.15) is 0 Å². The summed E-state index contributed by atoms with van der Waals surface area (Å²) in [5.74, 6) is 6.53. The van der Waals surface area contributed by atoms with E-state index in [4.69, 9.17) is 17.4 Å². The number of nitrogens with two attached hydrogens (primary N) is 1. The Kier molecular flexibility index (Phi) is 3.47. The normalized spacial score (nSPS) is 10.8. The van der Waals surface area contributed by atoms with Gasteiger partial charge in [-0.1, -0.05) is 11.6 Å². The zero-order chi connectivity index (χ0) is 14.1. The number of rotatable bonds is 3. The van der Waals surface area contributed by atoms with Gasteiger partial charge in [-0.15, -0.1) is 0 Å². The van der Waals surface area contributed by atoms with Crippen LogP contribution in [0, 0.1) is 0 Å². The fourth-order valence-electron chi connectivity index (χ4n) is 1.80. The zero-order valence-corrected chi connectivity index (χ0v) is 12.5. The minimum absolute atomic E-state index is 0.529. The van der Waals surface area contributed by atoms with Crippen molar-refractivity contribution >= 4 is 50.5 Å². The summed E-state index contributed by atoms with van der Waals surface area (Å²) in [5.41, 5.74) is 4.03. The SMILES string of the molecule is NNc1cn2ccnc2c(Nc2ccc(Br)c(Cl)c2)n1. The van der Waals surface area contributed by atoms with E-state index in [2.05, 4.69) is 36.6 Å². The third-order valence-electron chi connectivity index (χ3n) is 2.70. The van der Waals surface area contributed by atoms with Crippen molar-refractivity contribution in [1.29, 1.82) is 0 Å². The van der Waals surface area contributed by atoms with Gasteiger partial charge < -0.3 is 15.1 Å². The minimum atomic E-state index is 0.529. The highest BCUT2D eigenvalue weighted by molar-refractivity contribution is 9.10. The molecule has 0 aliphatic rings. The van der Waals surface area contributed by atoms with Gasteiger partial charge in [0.2, 0.25) is 0 Å². The number of aromatic nitrogens is 3. The molecule has 0 aliphatic heterocycles. The molecule has 0 fully saturated rings. The summed E-state index contributed by atoms with van der Waals surface area (Å²) in [4.78, 5) is 8.61. The molecule has 8 heteroatoms. The van der Waals surface area contributed by atoms with E-state index in [1.807, 2.05) is 22.7 Å². The van der Waals surface area contributed by atoms with Gasteiger partial charge in [0.05, 0.1) is 11.2 Å². The Labute approximate surface area is 128 Å². The Morgan fingerprint density at radius 1 is 1.35 bits per heavy atom. The molecule has 0 saturated carbocycles. The molecule has 1 aromatic carbocycles. The molecule has 4 N–H and O–H groups in total. The standard InChI is InChI=1S/C12H10BrClN6/c13-8-2-1-7(5-9(8)14)17-11-12-16-3-4-20(12)6-10(18-11)19-15/h1-6,19H,15H2,(H,17,18). The molecule has 0 spiro atoms. The average molecular weight is 354 g/mol. The number of fused-ring (bicyclic) bond motifs is 1. The quantitative estimate of drug-likeness (QED) is 0.498. The Bertz CT molecular complexity index is 772. The number of imidazole rings is 1. The van der Waals surface area contributed by atoms with Gasteiger partial charge in [-0.25, -0.2) is 15.8 Å². The summed E-state index contributed by atoms with van der Waals surface area (Å²) in [6.07, 6.45) is 5.26. The number of hydrogen-bond acceptors (Lipinski definition) is 5. The van der Waals surface area contributed by atoms with E-state index in [9.17, 15) is 0 Å². The number of halogens is 2. The lowest BCUT2D eigenvalue weighted by atomic mass is 10.3. The second kappa shape index (κ2) is 5.28. The van der Waals surface area contributed by atoms with Crippen LogP contribution in [0.2, 0.25) is 5.02 Å². The fourth-order valence-corrected chi connectivity index (χ4v) is 2.22. The molecule has 0 saturated heterocycles. The molecule has 6 nitrogen and oxygen atoms in total.